The number of hydrogen-bond acceptors (Lipinski definition) is 7. The number of esters is 2. The van der Waals surface area contributed by atoms with Gasteiger partial charge in [-0.2, -0.15) is 5.06 Å². The minimum atomic E-state index is -2.37. The second-order valence-electron chi connectivity index (χ2n) is 10.4. The van der Waals surface area contributed by atoms with E-state index in [0.717, 1.165) is 5.19 Å². The summed E-state index contributed by atoms with van der Waals surface area (Å²) in [5, 5.41) is 2.37. The molecule has 1 amide bonds. The highest BCUT2D eigenvalue weighted by Crippen LogP contribution is 2.46. The number of ether oxygens (including phenoxy) is 3. The molecule has 1 saturated carbocycles. The van der Waals surface area contributed by atoms with Crippen LogP contribution in [0.2, 0.25) is 18.6 Å². The summed E-state index contributed by atoms with van der Waals surface area (Å²) in [5.74, 6) is -0.977. The van der Waals surface area contributed by atoms with Crippen molar-refractivity contribution >= 4 is 31.3 Å². The maximum atomic E-state index is 13.1. The average Bonchev–Trinajstić information content (AvgIpc) is 2.91. The van der Waals surface area contributed by atoms with Gasteiger partial charge in [-0.25, -0.2) is 4.79 Å². The second-order valence-corrected chi connectivity index (χ2v) is 15.0. The molecule has 0 N–H and O–H groups in total. The summed E-state index contributed by atoms with van der Waals surface area (Å²) in [5.41, 5.74) is -0.985. The molecule has 9 heteroatoms. The summed E-state index contributed by atoms with van der Waals surface area (Å²) in [6, 6.07) is 9.43. The van der Waals surface area contributed by atoms with Gasteiger partial charge in [-0.3, -0.25) is 14.4 Å². The molecular weight excluding hydrogens is 442 g/mol. The van der Waals surface area contributed by atoms with E-state index in [1.165, 1.54) is 18.9 Å². The van der Waals surface area contributed by atoms with Gasteiger partial charge in [-0.1, -0.05) is 48.6 Å². The fourth-order valence-corrected chi connectivity index (χ4v) is 8.67. The monoisotopic (exact) mass is 477 g/mol. The first kappa shape index (κ1) is 25.2. The van der Waals surface area contributed by atoms with E-state index in [4.69, 9.17) is 19.0 Å². The summed E-state index contributed by atoms with van der Waals surface area (Å²) in [4.78, 5) is 43.7. The molecule has 0 unspecified atom stereocenters. The number of hydrogen-bond donors (Lipinski definition) is 0. The highest BCUT2D eigenvalue weighted by molar-refractivity contribution is 6.91. The molecule has 33 heavy (non-hydrogen) atoms. The normalized spacial score (nSPS) is 27.5. The van der Waals surface area contributed by atoms with Gasteiger partial charge in [-0.15, -0.1) is 0 Å². The molecule has 0 aromatic heterocycles. The van der Waals surface area contributed by atoms with Crippen LogP contribution in [0.1, 0.15) is 47.5 Å². The van der Waals surface area contributed by atoms with E-state index in [9.17, 15) is 14.4 Å². The van der Waals surface area contributed by atoms with Gasteiger partial charge in [0.1, 0.15) is 17.7 Å². The van der Waals surface area contributed by atoms with Gasteiger partial charge in [0.05, 0.1) is 14.2 Å². The zero-order valence-corrected chi connectivity index (χ0v) is 21.5. The fraction of sp³-hybridized carbons (Fsp3) is 0.625. The molecule has 2 heterocycles. The van der Waals surface area contributed by atoms with E-state index in [1.54, 1.807) is 20.8 Å². The third kappa shape index (κ3) is 5.58. The molecule has 0 radical (unpaired) electrons. The maximum Gasteiger partial charge on any atom is 0.434 e. The SMILES string of the molecule is CC(=O)O[C@@H]1[C@H](OC(C)=O)[C@@H]2CC[C@@H](ON2C(=O)OC(C)(C)C)[C@H]1[Si](C)(C)c1ccccc1. The predicted octanol–water partition coefficient (Wildman–Crippen LogP) is 3.55. The Hall–Kier alpha value is -2.39. The minimum Gasteiger partial charge on any atom is -0.458 e. The van der Waals surface area contributed by atoms with Gasteiger partial charge in [0.2, 0.25) is 0 Å². The number of fused-ring (bicyclic) bond motifs is 4. The second kappa shape index (κ2) is 9.46. The van der Waals surface area contributed by atoms with Crippen molar-refractivity contribution in [3.05, 3.63) is 30.3 Å². The molecule has 2 bridgehead atoms. The maximum absolute atomic E-state index is 13.1. The van der Waals surface area contributed by atoms with Crippen molar-refractivity contribution in [1.29, 1.82) is 0 Å². The number of carbonyl (C=O) groups is 3. The van der Waals surface area contributed by atoms with Crippen LogP contribution in [0.5, 0.6) is 0 Å². The van der Waals surface area contributed by atoms with E-state index >= 15 is 0 Å². The lowest BCUT2D eigenvalue weighted by Gasteiger charge is -2.41. The van der Waals surface area contributed by atoms with Gasteiger partial charge in [0.15, 0.2) is 6.10 Å². The van der Waals surface area contributed by atoms with Crippen LogP contribution >= 0.6 is 0 Å². The number of benzene rings is 1. The fourth-order valence-electron chi connectivity index (χ4n) is 5.00. The van der Waals surface area contributed by atoms with Crippen molar-refractivity contribution in [1.82, 2.24) is 5.06 Å². The third-order valence-electron chi connectivity index (χ3n) is 6.28. The minimum absolute atomic E-state index is 0.259. The van der Waals surface area contributed by atoms with Crippen molar-refractivity contribution in [2.75, 3.05) is 0 Å². The highest BCUT2D eigenvalue weighted by Gasteiger charge is 2.59. The van der Waals surface area contributed by atoms with Gasteiger partial charge in [0.25, 0.3) is 0 Å². The molecule has 3 fully saturated rings. The van der Waals surface area contributed by atoms with Gasteiger partial charge < -0.3 is 14.2 Å². The van der Waals surface area contributed by atoms with Crippen LogP contribution in [-0.4, -0.2) is 61.1 Å². The molecule has 5 atom stereocenters. The van der Waals surface area contributed by atoms with Crippen LogP contribution in [-0.2, 0) is 28.6 Å². The topological polar surface area (TPSA) is 91.4 Å². The van der Waals surface area contributed by atoms with E-state index in [0.29, 0.717) is 12.8 Å². The molecule has 1 aliphatic carbocycles. The predicted molar refractivity (Wildman–Crippen MR) is 124 cm³/mol. The van der Waals surface area contributed by atoms with Crippen molar-refractivity contribution in [3.63, 3.8) is 0 Å². The lowest BCUT2D eigenvalue weighted by molar-refractivity contribution is -0.232. The molecular formula is C24H35NO7Si. The summed E-state index contributed by atoms with van der Waals surface area (Å²) in [6.45, 7) is 12.4. The quantitative estimate of drug-likeness (QED) is 0.372. The Labute approximate surface area is 196 Å². The summed E-state index contributed by atoms with van der Waals surface area (Å²) in [6.07, 6.45) is -1.48. The Morgan fingerprint density at radius 2 is 1.55 bits per heavy atom. The Kier molecular flexibility index (Phi) is 7.23. The highest BCUT2D eigenvalue weighted by atomic mass is 28.3. The molecule has 4 rings (SSSR count). The molecule has 8 nitrogen and oxygen atoms in total. The zero-order valence-electron chi connectivity index (χ0n) is 20.5. The van der Waals surface area contributed by atoms with E-state index in [1.807, 2.05) is 18.2 Å². The van der Waals surface area contributed by atoms with Crippen LogP contribution in [0.15, 0.2) is 30.3 Å². The Bertz CT molecular complexity index is 883. The van der Waals surface area contributed by atoms with Gasteiger partial charge in [-0.05, 0) is 33.6 Å². The molecule has 1 aromatic carbocycles. The summed E-state index contributed by atoms with van der Waals surface area (Å²) < 4.78 is 17.2. The van der Waals surface area contributed by atoms with Crippen molar-refractivity contribution in [3.8, 4) is 0 Å². The van der Waals surface area contributed by atoms with Crippen LogP contribution in [0, 0.1) is 0 Å². The molecule has 3 aliphatic rings. The first-order chi connectivity index (χ1) is 15.3. The first-order valence-corrected chi connectivity index (χ1v) is 14.5. The van der Waals surface area contributed by atoms with Crippen molar-refractivity contribution in [2.24, 2.45) is 0 Å². The lowest BCUT2D eigenvalue weighted by Crippen LogP contribution is -2.57. The number of rotatable bonds is 4. The average molecular weight is 478 g/mol. The van der Waals surface area contributed by atoms with Crippen LogP contribution in [0.3, 0.4) is 0 Å². The van der Waals surface area contributed by atoms with Crippen molar-refractivity contribution < 1.29 is 33.4 Å². The van der Waals surface area contributed by atoms with E-state index < -0.39 is 56.1 Å². The molecule has 182 valence electrons. The zero-order chi connectivity index (χ0) is 24.6. The molecule has 1 aromatic rings. The first-order valence-electron chi connectivity index (χ1n) is 11.4. The summed E-state index contributed by atoms with van der Waals surface area (Å²) in [7, 11) is -2.37. The number of amides is 1. The number of hydroxylamine groups is 2. The number of carbonyl (C=O) groups excluding carboxylic acids is 3. The molecule has 2 saturated heterocycles. The van der Waals surface area contributed by atoms with Crippen LogP contribution in [0.25, 0.3) is 0 Å². The van der Waals surface area contributed by atoms with Crippen LogP contribution < -0.4 is 5.19 Å². The Balaban J connectivity index is 2.11. The molecule has 2 aliphatic heterocycles. The number of nitrogens with zero attached hydrogens (tertiary/aromatic N) is 1. The van der Waals surface area contributed by atoms with Gasteiger partial charge in [0, 0.05) is 19.4 Å². The Morgan fingerprint density at radius 3 is 2.09 bits per heavy atom. The van der Waals surface area contributed by atoms with E-state index in [-0.39, 0.29) is 5.54 Å². The van der Waals surface area contributed by atoms with E-state index in [2.05, 4.69) is 25.2 Å². The largest absolute Gasteiger partial charge is 0.458 e. The lowest BCUT2D eigenvalue weighted by atomic mass is 10.0. The van der Waals surface area contributed by atoms with Gasteiger partial charge >= 0.3 is 18.0 Å². The smallest absolute Gasteiger partial charge is 0.434 e. The van der Waals surface area contributed by atoms with Crippen LogP contribution in [0.4, 0.5) is 4.79 Å². The molecule has 0 spiro atoms. The third-order valence-corrected chi connectivity index (χ3v) is 10.5. The Morgan fingerprint density at radius 1 is 0.970 bits per heavy atom. The standard InChI is InChI=1S/C24H35NO7Si/c1-15(26)29-20-18-13-14-19(32-25(18)23(28)31-24(3,4)5)22(21(20)30-16(2)27)33(6,7)17-11-9-8-10-12-17/h8-12,18-22H,13-14H2,1-7H3/t18-,19+,20+,21+,22+/m0/s1. The summed E-state index contributed by atoms with van der Waals surface area (Å²) >= 11 is 0. The van der Waals surface area contributed by atoms with Crippen molar-refractivity contribution in [2.45, 2.75) is 96.1 Å².